The minimum atomic E-state index is -1.05. The lowest BCUT2D eigenvalue weighted by Gasteiger charge is -2.06. The van der Waals surface area contributed by atoms with Gasteiger partial charge in [-0.25, -0.2) is 14.5 Å². The molecule has 7 heteroatoms. The molecule has 7 nitrogen and oxygen atoms in total. The van der Waals surface area contributed by atoms with E-state index in [0.29, 0.717) is 17.9 Å². The number of benzene rings is 2. The Morgan fingerprint density at radius 1 is 0.933 bits per heavy atom. The number of nitrogens with zero attached hydrogens (tertiary/aromatic N) is 3. The van der Waals surface area contributed by atoms with Crippen LogP contribution < -0.4 is 5.32 Å². The highest BCUT2D eigenvalue weighted by molar-refractivity contribution is 5.93. The normalized spacial score (nSPS) is 10.5. The Bertz CT molecular complexity index is 1180. The zero-order chi connectivity index (χ0) is 20.9. The number of carboxylic acids is 1. The number of rotatable bonds is 6. The van der Waals surface area contributed by atoms with E-state index in [1.165, 1.54) is 35.4 Å². The third kappa shape index (κ3) is 4.25. The Morgan fingerprint density at radius 2 is 1.67 bits per heavy atom. The van der Waals surface area contributed by atoms with Crippen molar-refractivity contribution in [1.29, 1.82) is 0 Å². The summed E-state index contributed by atoms with van der Waals surface area (Å²) in [5, 5.41) is 16.1. The standard InChI is InChI=1S/C23H18N4O3/c28-22(20-14-26-27(15-20)21-12-19(23(29)30)10-11-24-21)25-13-16-6-8-18(9-7-16)17-4-2-1-3-5-17/h1-12,14-15H,13H2,(H,25,28)(H,29,30). The Kier molecular flexibility index (Phi) is 5.34. The van der Waals surface area contributed by atoms with Crippen LogP contribution in [0.4, 0.5) is 0 Å². The van der Waals surface area contributed by atoms with E-state index in [2.05, 4.69) is 27.5 Å². The van der Waals surface area contributed by atoms with E-state index in [-0.39, 0.29) is 11.5 Å². The predicted molar refractivity (Wildman–Crippen MR) is 111 cm³/mol. The second-order valence-corrected chi connectivity index (χ2v) is 6.63. The smallest absolute Gasteiger partial charge is 0.335 e. The SMILES string of the molecule is O=C(O)c1ccnc(-n2cc(C(=O)NCc3ccc(-c4ccccc4)cc3)cn2)c1. The van der Waals surface area contributed by atoms with E-state index >= 15 is 0 Å². The van der Waals surface area contributed by atoms with Gasteiger partial charge in [0.15, 0.2) is 5.82 Å². The maximum Gasteiger partial charge on any atom is 0.335 e. The molecular formula is C23H18N4O3. The molecule has 0 aliphatic rings. The fourth-order valence-electron chi connectivity index (χ4n) is 2.97. The lowest BCUT2D eigenvalue weighted by atomic mass is 10.0. The molecule has 2 N–H and O–H groups in total. The molecule has 0 fully saturated rings. The second kappa shape index (κ2) is 8.40. The van der Waals surface area contributed by atoms with Gasteiger partial charge in [0.1, 0.15) is 0 Å². The molecule has 0 atom stereocenters. The average molecular weight is 398 g/mol. The topological polar surface area (TPSA) is 97.1 Å². The number of pyridine rings is 1. The van der Waals surface area contributed by atoms with Crippen LogP contribution in [-0.2, 0) is 6.54 Å². The lowest BCUT2D eigenvalue weighted by Crippen LogP contribution is -2.22. The van der Waals surface area contributed by atoms with Crippen LogP contribution in [-0.4, -0.2) is 31.7 Å². The zero-order valence-corrected chi connectivity index (χ0v) is 15.9. The first-order valence-electron chi connectivity index (χ1n) is 9.27. The molecule has 2 heterocycles. The van der Waals surface area contributed by atoms with E-state index < -0.39 is 5.97 Å². The summed E-state index contributed by atoms with van der Waals surface area (Å²) in [7, 11) is 0. The van der Waals surface area contributed by atoms with Crippen molar-refractivity contribution in [3.63, 3.8) is 0 Å². The summed E-state index contributed by atoms with van der Waals surface area (Å²) in [5.41, 5.74) is 3.69. The number of hydrogen-bond acceptors (Lipinski definition) is 4. The van der Waals surface area contributed by atoms with E-state index in [0.717, 1.165) is 16.7 Å². The lowest BCUT2D eigenvalue weighted by molar-refractivity contribution is 0.0696. The summed E-state index contributed by atoms with van der Waals surface area (Å²) >= 11 is 0. The molecule has 4 rings (SSSR count). The maximum atomic E-state index is 12.4. The molecule has 30 heavy (non-hydrogen) atoms. The Hall–Kier alpha value is -4.26. The summed E-state index contributed by atoms with van der Waals surface area (Å²) in [4.78, 5) is 27.6. The van der Waals surface area contributed by atoms with Crippen LogP contribution in [0, 0.1) is 0 Å². The summed E-state index contributed by atoms with van der Waals surface area (Å²) in [6.45, 7) is 0.381. The van der Waals surface area contributed by atoms with Crippen molar-refractivity contribution < 1.29 is 14.7 Å². The van der Waals surface area contributed by atoms with Crippen molar-refractivity contribution in [3.8, 4) is 16.9 Å². The van der Waals surface area contributed by atoms with Crippen molar-refractivity contribution in [2.75, 3.05) is 0 Å². The monoisotopic (exact) mass is 398 g/mol. The molecule has 0 unspecified atom stereocenters. The first-order chi connectivity index (χ1) is 14.6. The fourth-order valence-corrected chi connectivity index (χ4v) is 2.97. The van der Waals surface area contributed by atoms with Gasteiger partial charge in [-0.1, -0.05) is 54.6 Å². The quantitative estimate of drug-likeness (QED) is 0.518. The average Bonchev–Trinajstić information content (AvgIpc) is 3.29. The van der Waals surface area contributed by atoms with Crippen molar-refractivity contribution >= 4 is 11.9 Å². The van der Waals surface area contributed by atoms with Crippen LogP contribution in [0.3, 0.4) is 0 Å². The third-order valence-electron chi connectivity index (χ3n) is 4.59. The van der Waals surface area contributed by atoms with Gasteiger partial charge in [-0.2, -0.15) is 5.10 Å². The van der Waals surface area contributed by atoms with Crippen molar-refractivity contribution in [1.82, 2.24) is 20.1 Å². The van der Waals surface area contributed by atoms with Crippen LogP contribution in [0.2, 0.25) is 0 Å². The molecule has 4 aromatic rings. The number of hydrogen-bond donors (Lipinski definition) is 2. The number of carboxylic acid groups (broad SMARTS) is 1. The second-order valence-electron chi connectivity index (χ2n) is 6.63. The molecule has 0 aliphatic carbocycles. The minimum Gasteiger partial charge on any atom is -0.478 e. The van der Waals surface area contributed by atoms with E-state index in [1.807, 2.05) is 42.5 Å². The van der Waals surface area contributed by atoms with Gasteiger partial charge in [0.2, 0.25) is 0 Å². The van der Waals surface area contributed by atoms with Crippen molar-refractivity contribution in [3.05, 3.63) is 102 Å². The molecule has 0 radical (unpaired) electrons. The van der Waals surface area contributed by atoms with Gasteiger partial charge in [0.05, 0.1) is 17.3 Å². The number of amides is 1. The first kappa shape index (κ1) is 19.1. The highest BCUT2D eigenvalue weighted by Crippen LogP contribution is 2.19. The zero-order valence-electron chi connectivity index (χ0n) is 15.9. The van der Waals surface area contributed by atoms with Crippen LogP contribution >= 0.6 is 0 Å². The molecule has 0 saturated carbocycles. The highest BCUT2D eigenvalue weighted by Gasteiger charge is 2.11. The molecule has 0 bridgehead atoms. The van der Waals surface area contributed by atoms with Crippen LogP contribution in [0.15, 0.2) is 85.3 Å². The maximum absolute atomic E-state index is 12.4. The molecule has 148 valence electrons. The molecule has 2 aromatic heterocycles. The fraction of sp³-hybridized carbons (Fsp3) is 0.0435. The van der Waals surface area contributed by atoms with E-state index in [9.17, 15) is 9.59 Å². The van der Waals surface area contributed by atoms with E-state index in [1.54, 1.807) is 0 Å². The van der Waals surface area contributed by atoms with Crippen molar-refractivity contribution in [2.24, 2.45) is 0 Å². The molecular weight excluding hydrogens is 380 g/mol. The predicted octanol–water partition coefficient (Wildman–Crippen LogP) is 3.56. The summed E-state index contributed by atoms with van der Waals surface area (Å²) in [6.07, 6.45) is 4.32. The van der Waals surface area contributed by atoms with Gasteiger partial charge >= 0.3 is 5.97 Å². The van der Waals surface area contributed by atoms with Gasteiger partial charge < -0.3 is 10.4 Å². The number of carbonyl (C=O) groups is 2. The van der Waals surface area contributed by atoms with Crippen molar-refractivity contribution in [2.45, 2.75) is 6.54 Å². The third-order valence-corrected chi connectivity index (χ3v) is 4.59. The van der Waals surface area contributed by atoms with Gasteiger partial charge in [-0.3, -0.25) is 4.79 Å². The summed E-state index contributed by atoms with van der Waals surface area (Å²) < 4.78 is 1.37. The first-order valence-corrected chi connectivity index (χ1v) is 9.27. The molecule has 0 spiro atoms. The highest BCUT2D eigenvalue weighted by atomic mass is 16.4. The van der Waals surface area contributed by atoms with Gasteiger partial charge in [-0.05, 0) is 28.8 Å². The molecule has 1 amide bonds. The number of aromatic carboxylic acids is 1. The Morgan fingerprint density at radius 3 is 2.40 bits per heavy atom. The molecule has 0 saturated heterocycles. The summed E-state index contributed by atoms with van der Waals surface area (Å²) in [6, 6.07) is 20.9. The largest absolute Gasteiger partial charge is 0.478 e. The number of nitrogens with one attached hydrogen (secondary N) is 1. The summed E-state index contributed by atoms with van der Waals surface area (Å²) in [5.74, 6) is -1.00. The van der Waals surface area contributed by atoms with Gasteiger partial charge in [0.25, 0.3) is 5.91 Å². The Labute approximate surface area is 172 Å². The van der Waals surface area contributed by atoms with Crippen LogP contribution in [0.5, 0.6) is 0 Å². The van der Waals surface area contributed by atoms with Crippen LogP contribution in [0.25, 0.3) is 16.9 Å². The minimum absolute atomic E-state index is 0.0976. The van der Waals surface area contributed by atoms with Gasteiger partial charge in [0, 0.05) is 18.9 Å². The molecule has 2 aromatic carbocycles. The number of carbonyl (C=O) groups excluding carboxylic acids is 1. The van der Waals surface area contributed by atoms with Crippen LogP contribution in [0.1, 0.15) is 26.3 Å². The Balaban J connectivity index is 1.40. The van der Waals surface area contributed by atoms with Gasteiger partial charge in [-0.15, -0.1) is 0 Å². The molecule has 0 aliphatic heterocycles. The van der Waals surface area contributed by atoms with E-state index in [4.69, 9.17) is 5.11 Å². The number of aromatic nitrogens is 3.